The van der Waals surface area contributed by atoms with Crippen molar-refractivity contribution in [1.29, 1.82) is 0 Å². The number of fused-ring (bicyclic) bond motifs is 4. The lowest BCUT2D eigenvalue weighted by Crippen LogP contribution is -2.21. The van der Waals surface area contributed by atoms with Crippen LogP contribution >= 0.6 is 0 Å². The number of rotatable bonds is 7. The molecule has 0 unspecified atom stereocenters. The van der Waals surface area contributed by atoms with Gasteiger partial charge in [-0.25, -0.2) is 0 Å². The van der Waals surface area contributed by atoms with E-state index in [-0.39, 0.29) is 5.41 Å². The minimum atomic E-state index is -0.252. The van der Waals surface area contributed by atoms with Crippen molar-refractivity contribution in [2.75, 3.05) is 4.90 Å². The zero-order chi connectivity index (χ0) is 40.6. The fourth-order valence-corrected chi connectivity index (χ4v) is 8.88. The Balaban J connectivity index is 1.07. The zero-order valence-electron chi connectivity index (χ0n) is 34.1. The number of anilines is 3. The van der Waals surface area contributed by atoms with Gasteiger partial charge in [-0.2, -0.15) is 0 Å². The molecule has 0 atom stereocenters. The second kappa shape index (κ2) is 15.4. The number of aromatic nitrogens is 1. The first-order valence-corrected chi connectivity index (χ1v) is 20.8. The van der Waals surface area contributed by atoms with Crippen LogP contribution in [0.25, 0.3) is 60.9 Å². The maximum Gasteiger partial charge on any atom is 0.0541 e. The molecule has 0 spiro atoms. The van der Waals surface area contributed by atoms with E-state index in [4.69, 9.17) is 0 Å². The molecule has 0 aliphatic heterocycles. The molecule has 0 radical (unpaired) electrons. The van der Waals surface area contributed by atoms with Gasteiger partial charge in [0.05, 0.1) is 11.0 Å². The van der Waals surface area contributed by atoms with E-state index >= 15 is 0 Å². The number of para-hydroxylation sites is 2. The van der Waals surface area contributed by atoms with Crippen LogP contribution in [-0.4, -0.2) is 4.57 Å². The Kier molecular flexibility index (Phi) is 9.47. The summed E-state index contributed by atoms with van der Waals surface area (Å²) in [5, 5.41) is 2.50. The van der Waals surface area contributed by atoms with Gasteiger partial charge < -0.3 is 9.47 Å². The summed E-state index contributed by atoms with van der Waals surface area (Å²) in [6.45, 7) is 9.10. The predicted octanol–water partition coefficient (Wildman–Crippen LogP) is 15.8. The largest absolute Gasteiger partial charge is 0.310 e. The molecule has 0 fully saturated rings. The van der Waals surface area contributed by atoms with E-state index in [0.29, 0.717) is 0 Å². The highest BCUT2D eigenvalue weighted by atomic mass is 15.1. The highest BCUT2D eigenvalue weighted by molar-refractivity contribution is 6.10. The zero-order valence-corrected chi connectivity index (χ0v) is 34.1. The molecule has 1 aliphatic carbocycles. The van der Waals surface area contributed by atoms with E-state index in [1.54, 1.807) is 0 Å². The van der Waals surface area contributed by atoms with E-state index in [1.165, 1.54) is 66.4 Å². The summed E-state index contributed by atoms with van der Waals surface area (Å²) in [5.41, 5.74) is 17.5. The third-order valence-corrected chi connectivity index (χ3v) is 12.3. The lowest BCUT2D eigenvalue weighted by molar-refractivity contribution is 0.635. The highest BCUT2D eigenvalue weighted by Gasteiger charge is 2.27. The lowest BCUT2D eigenvalue weighted by Gasteiger charge is -2.32. The Bertz CT molecular complexity index is 3090. The van der Waals surface area contributed by atoms with E-state index in [9.17, 15) is 0 Å². The number of allylic oxidation sites excluding steroid dienone is 5. The summed E-state index contributed by atoms with van der Waals surface area (Å²) >= 11 is 0. The number of hydrogen-bond donors (Lipinski definition) is 0. The molecule has 288 valence electrons. The summed E-state index contributed by atoms with van der Waals surface area (Å²) in [6.07, 6.45) is 9.50. The van der Waals surface area contributed by atoms with Crippen LogP contribution in [0.1, 0.15) is 25.0 Å². The minimum absolute atomic E-state index is 0.252. The van der Waals surface area contributed by atoms with Crippen molar-refractivity contribution >= 4 is 38.9 Å². The Morgan fingerprint density at radius 2 is 1.05 bits per heavy atom. The number of benzene rings is 8. The highest BCUT2D eigenvalue weighted by Crippen LogP contribution is 2.43. The molecule has 8 aromatic carbocycles. The Morgan fingerprint density at radius 1 is 0.467 bits per heavy atom. The van der Waals surface area contributed by atoms with Crippen molar-refractivity contribution in [2.45, 2.75) is 25.7 Å². The van der Waals surface area contributed by atoms with Crippen molar-refractivity contribution in [3.8, 4) is 39.1 Å². The summed E-state index contributed by atoms with van der Waals surface area (Å²) in [6, 6.07) is 70.7. The van der Waals surface area contributed by atoms with Crippen LogP contribution in [0.4, 0.5) is 17.1 Å². The molecule has 1 aromatic heterocycles. The van der Waals surface area contributed by atoms with Crippen LogP contribution in [0.3, 0.4) is 0 Å². The maximum atomic E-state index is 4.52. The van der Waals surface area contributed by atoms with Gasteiger partial charge in [-0.1, -0.05) is 166 Å². The third-order valence-electron chi connectivity index (χ3n) is 12.3. The summed E-state index contributed by atoms with van der Waals surface area (Å²) < 4.78 is 2.37. The van der Waals surface area contributed by atoms with E-state index in [0.717, 1.165) is 34.6 Å². The Labute approximate surface area is 353 Å². The summed E-state index contributed by atoms with van der Waals surface area (Å²) in [7, 11) is 0. The minimum Gasteiger partial charge on any atom is -0.310 e. The fraction of sp³-hybridized carbons (Fsp3) is 0.0690. The normalized spacial score (nSPS) is 14.5. The molecule has 0 saturated carbocycles. The maximum absolute atomic E-state index is 4.52. The van der Waals surface area contributed by atoms with Gasteiger partial charge in [0.1, 0.15) is 0 Å². The second-order valence-corrected chi connectivity index (χ2v) is 16.3. The molecule has 0 N–H and O–H groups in total. The number of hydrogen-bond acceptors (Lipinski definition) is 1. The average molecular weight is 771 g/mol. The molecular formula is C58H46N2. The van der Waals surface area contributed by atoms with E-state index in [2.05, 4.69) is 248 Å². The standard InChI is InChI=1S/C58H46N2/c1-41-17-7-4-10-20-44-31-35-52(40-55(44)58(41,2)3)59(50-33-29-43(30-34-50)42-18-8-5-9-19-42)51-26-16-23-47(38-51)45-21-15-22-46(37-45)48-32-36-57-54(39-48)53-27-13-14-28-56(53)60(57)49-24-11-6-12-25-49/h4-19,21-40H,1,20H2,2-3H3/b10-4-,17-7-. The topological polar surface area (TPSA) is 8.17 Å². The first kappa shape index (κ1) is 36.9. The second-order valence-electron chi connectivity index (χ2n) is 16.3. The van der Waals surface area contributed by atoms with Crippen molar-refractivity contribution in [2.24, 2.45) is 0 Å². The van der Waals surface area contributed by atoms with Crippen LogP contribution < -0.4 is 4.90 Å². The molecule has 0 amide bonds. The van der Waals surface area contributed by atoms with Crippen LogP contribution in [0.5, 0.6) is 0 Å². The molecule has 2 nitrogen and oxygen atoms in total. The predicted molar refractivity (Wildman–Crippen MR) is 256 cm³/mol. The number of nitrogens with zero attached hydrogens (tertiary/aromatic N) is 2. The molecule has 10 rings (SSSR count). The van der Waals surface area contributed by atoms with E-state index < -0.39 is 0 Å². The Hall–Kier alpha value is -7.42. The van der Waals surface area contributed by atoms with Gasteiger partial charge in [0.15, 0.2) is 0 Å². The van der Waals surface area contributed by atoms with Gasteiger partial charge in [0, 0.05) is 38.9 Å². The monoisotopic (exact) mass is 770 g/mol. The quantitative estimate of drug-likeness (QED) is 0.157. The fourth-order valence-electron chi connectivity index (χ4n) is 8.88. The molecule has 0 saturated heterocycles. The molecule has 2 heteroatoms. The molecular weight excluding hydrogens is 725 g/mol. The van der Waals surface area contributed by atoms with Gasteiger partial charge in [-0.05, 0) is 129 Å². The molecule has 60 heavy (non-hydrogen) atoms. The summed E-state index contributed by atoms with van der Waals surface area (Å²) in [5.74, 6) is 0. The van der Waals surface area contributed by atoms with Gasteiger partial charge in [-0.15, -0.1) is 0 Å². The third kappa shape index (κ3) is 6.76. The van der Waals surface area contributed by atoms with Gasteiger partial charge in [0.2, 0.25) is 0 Å². The smallest absolute Gasteiger partial charge is 0.0541 e. The molecule has 1 heterocycles. The van der Waals surface area contributed by atoms with Gasteiger partial charge >= 0.3 is 0 Å². The molecule has 9 aromatic rings. The first-order chi connectivity index (χ1) is 29.4. The van der Waals surface area contributed by atoms with Crippen LogP contribution in [0, 0.1) is 0 Å². The summed E-state index contributed by atoms with van der Waals surface area (Å²) in [4.78, 5) is 2.40. The lowest BCUT2D eigenvalue weighted by atomic mass is 9.75. The Morgan fingerprint density at radius 3 is 1.83 bits per heavy atom. The SMILES string of the molecule is C=C1/C=C\C=C/Cc2ccc(N(c3ccc(-c4ccccc4)cc3)c3cccc(-c4cccc(-c5ccc6c(c5)c5ccccc5n6-c5ccccc5)c4)c3)cc2C1(C)C. The van der Waals surface area contributed by atoms with Crippen molar-refractivity contribution in [3.05, 3.63) is 242 Å². The van der Waals surface area contributed by atoms with Crippen molar-refractivity contribution < 1.29 is 0 Å². The van der Waals surface area contributed by atoms with Gasteiger partial charge in [-0.3, -0.25) is 0 Å². The van der Waals surface area contributed by atoms with Crippen LogP contribution in [0.15, 0.2) is 231 Å². The van der Waals surface area contributed by atoms with E-state index in [1.807, 2.05) is 0 Å². The molecule has 1 aliphatic rings. The van der Waals surface area contributed by atoms with Gasteiger partial charge in [0.25, 0.3) is 0 Å². The van der Waals surface area contributed by atoms with Crippen LogP contribution in [0.2, 0.25) is 0 Å². The van der Waals surface area contributed by atoms with Crippen LogP contribution in [-0.2, 0) is 11.8 Å². The first-order valence-electron chi connectivity index (χ1n) is 20.8. The van der Waals surface area contributed by atoms with Crippen molar-refractivity contribution in [3.63, 3.8) is 0 Å². The molecule has 0 bridgehead atoms. The van der Waals surface area contributed by atoms with Crippen molar-refractivity contribution in [1.82, 2.24) is 4.57 Å². The average Bonchev–Trinajstić information content (AvgIpc) is 3.65.